The van der Waals surface area contributed by atoms with Gasteiger partial charge in [0.05, 0.1) is 0 Å². The van der Waals surface area contributed by atoms with Gasteiger partial charge in [0.1, 0.15) is 11.9 Å². The van der Waals surface area contributed by atoms with Crippen molar-refractivity contribution >= 4 is 11.7 Å². The normalized spacial score (nSPS) is 20.7. The summed E-state index contributed by atoms with van der Waals surface area (Å²) in [6.07, 6.45) is 3.41. The smallest absolute Gasteiger partial charge is 0.251 e. The number of hydrogen-bond acceptors (Lipinski definition) is 5. The van der Waals surface area contributed by atoms with Crippen LogP contribution in [0.3, 0.4) is 0 Å². The number of ether oxygens (including phenoxy) is 1. The highest BCUT2D eigenvalue weighted by Crippen LogP contribution is 2.20. The van der Waals surface area contributed by atoms with Crippen LogP contribution in [0, 0.1) is 0 Å². The van der Waals surface area contributed by atoms with Crippen molar-refractivity contribution in [3.05, 3.63) is 42.6 Å². The van der Waals surface area contributed by atoms with Gasteiger partial charge in [0.25, 0.3) is 5.91 Å². The first-order valence-corrected chi connectivity index (χ1v) is 8.85. The van der Waals surface area contributed by atoms with Gasteiger partial charge in [-0.2, -0.15) is 0 Å². The molecule has 130 valence electrons. The molecule has 1 aromatic heterocycles. The lowest BCUT2D eigenvalue weighted by Crippen LogP contribution is -2.51. The Labute approximate surface area is 147 Å². The van der Waals surface area contributed by atoms with Crippen molar-refractivity contribution in [1.82, 2.24) is 14.9 Å². The molecule has 0 unspecified atom stereocenters. The Morgan fingerprint density at radius 1 is 1.08 bits per heavy atom. The zero-order valence-electron chi connectivity index (χ0n) is 14.2. The molecule has 0 aliphatic carbocycles. The molecule has 6 nitrogen and oxygen atoms in total. The number of nitrogens with zero attached hydrogens (tertiary/aromatic N) is 4. The van der Waals surface area contributed by atoms with Gasteiger partial charge in [0, 0.05) is 44.5 Å². The summed E-state index contributed by atoms with van der Waals surface area (Å²) in [5.74, 6) is 1.79. The average molecular weight is 338 g/mol. The first kappa shape index (κ1) is 16.0. The second kappa shape index (κ2) is 7.19. The molecule has 6 heteroatoms. The number of piperazine rings is 1. The zero-order valence-corrected chi connectivity index (χ0v) is 14.2. The summed E-state index contributed by atoms with van der Waals surface area (Å²) in [6, 6.07) is 11.9. The van der Waals surface area contributed by atoms with Gasteiger partial charge < -0.3 is 14.5 Å². The monoisotopic (exact) mass is 338 g/mol. The summed E-state index contributed by atoms with van der Waals surface area (Å²) in [6.45, 7) is 3.69. The molecule has 0 bridgehead atoms. The fourth-order valence-electron chi connectivity index (χ4n) is 3.38. The van der Waals surface area contributed by atoms with Gasteiger partial charge in [-0.3, -0.25) is 4.79 Å². The molecule has 3 heterocycles. The van der Waals surface area contributed by atoms with Crippen molar-refractivity contribution < 1.29 is 9.53 Å². The number of benzene rings is 1. The Morgan fingerprint density at radius 3 is 2.60 bits per heavy atom. The van der Waals surface area contributed by atoms with Crippen LogP contribution in [0.1, 0.15) is 12.8 Å². The van der Waals surface area contributed by atoms with E-state index < -0.39 is 0 Å². The third kappa shape index (κ3) is 3.49. The highest BCUT2D eigenvalue weighted by Gasteiger charge is 2.30. The maximum atomic E-state index is 12.4. The van der Waals surface area contributed by atoms with E-state index in [0.717, 1.165) is 43.1 Å². The maximum Gasteiger partial charge on any atom is 0.251 e. The van der Waals surface area contributed by atoms with Crippen LogP contribution in [0.5, 0.6) is 0 Å². The average Bonchev–Trinajstić information content (AvgIpc) is 3.23. The van der Waals surface area contributed by atoms with Crippen LogP contribution < -0.4 is 4.90 Å². The van der Waals surface area contributed by atoms with Crippen LogP contribution in [0.15, 0.2) is 42.6 Å². The van der Waals surface area contributed by atoms with Crippen LogP contribution in [0.25, 0.3) is 11.4 Å². The van der Waals surface area contributed by atoms with Crippen molar-refractivity contribution in [3.63, 3.8) is 0 Å². The van der Waals surface area contributed by atoms with E-state index in [2.05, 4.69) is 9.88 Å². The van der Waals surface area contributed by atoms with E-state index in [0.29, 0.717) is 19.7 Å². The highest BCUT2D eigenvalue weighted by molar-refractivity contribution is 5.81. The number of carbonyl (C=O) groups is 1. The summed E-state index contributed by atoms with van der Waals surface area (Å²) in [5.41, 5.74) is 1.01. The van der Waals surface area contributed by atoms with E-state index in [4.69, 9.17) is 9.72 Å². The Hall–Kier alpha value is -2.47. The fourth-order valence-corrected chi connectivity index (χ4v) is 3.38. The Balaban J connectivity index is 1.42. The summed E-state index contributed by atoms with van der Waals surface area (Å²) in [4.78, 5) is 25.7. The van der Waals surface area contributed by atoms with Crippen molar-refractivity contribution in [1.29, 1.82) is 0 Å². The van der Waals surface area contributed by atoms with E-state index in [-0.39, 0.29) is 12.0 Å². The minimum atomic E-state index is -0.227. The summed E-state index contributed by atoms with van der Waals surface area (Å²) in [7, 11) is 0. The third-order valence-electron chi connectivity index (χ3n) is 4.79. The van der Waals surface area contributed by atoms with Gasteiger partial charge in [-0.1, -0.05) is 30.3 Å². The van der Waals surface area contributed by atoms with E-state index in [1.54, 1.807) is 6.20 Å². The molecule has 0 spiro atoms. The summed E-state index contributed by atoms with van der Waals surface area (Å²) >= 11 is 0. The lowest BCUT2D eigenvalue weighted by atomic mass is 10.2. The van der Waals surface area contributed by atoms with E-state index in [1.165, 1.54) is 0 Å². The fraction of sp³-hybridized carbons (Fsp3) is 0.421. The number of anilines is 1. The van der Waals surface area contributed by atoms with Crippen LogP contribution in [-0.4, -0.2) is 59.7 Å². The standard InChI is InChI=1S/C19H22N4O2/c24-19(16-7-4-14-25-16)23-12-10-22(11-13-23)17-8-9-20-18(21-17)15-5-2-1-3-6-15/h1-3,5-6,8-9,16H,4,7,10-14H2/t16-/m1/s1. The first-order chi connectivity index (χ1) is 12.3. The number of hydrogen-bond donors (Lipinski definition) is 0. The Bertz CT molecular complexity index is 723. The van der Waals surface area contributed by atoms with E-state index >= 15 is 0 Å². The van der Waals surface area contributed by atoms with Crippen LogP contribution >= 0.6 is 0 Å². The van der Waals surface area contributed by atoms with Crippen LogP contribution in [-0.2, 0) is 9.53 Å². The molecule has 4 rings (SSSR count). The third-order valence-corrected chi connectivity index (χ3v) is 4.79. The number of amides is 1. The van der Waals surface area contributed by atoms with E-state index in [9.17, 15) is 4.79 Å². The number of aromatic nitrogens is 2. The second-order valence-electron chi connectivity index (χ2n) is 6.42. The molecule has 2 aromatic rings. The highest BCUT2D eigenvalue weighted by atomic mass is 16.5. The molecule has 0 N–H and O–H groups in total. The predicted molar refractivity (Wildman–Crippen MR) is 95.2 cm³/mol. The summed E-state index contributed by atoms with van der Waals surface area (Å²) < 4.78 is 5.52. The molecule has 2 aliphatic heterocycles. The van der Waals surface area contributed by atoms with Crippen molar-refractivity contribution in [3.8, 4) is 11.4 Å². The maximum absolute atomic E-state index is 12.4. The van der Waals surface area contributed by atoms with Crippen LogP contribution in [0.4, 0.5) is 5.82 Å². The number of rotatable bonds is 3. The summed E-state index contributed by atoms with van der Waals surface area (Å²) in [5, 5.41) is 0. The lowest BCUT2D eigenvalue weighted by molar-refractivity contribution is -0.141. The minimum Gasteiger partial charge on any atom is -0.368 e. The van der Waals surface area contributed by atoms with Gasteiger partial charge in [-0.05, 0) is 18.9 Å². The Morgan fingerprint density at radius 2 is 1.88 bits per heavy atom. The SMILES string of the molecule is O=C([C@H]1CCCO1)N1CCN(c2ccnc(-c3ccccc3)n2)CC1. The van der Waals surface area contributed by atoms with Crippen molar-refractivity contribution in [2.24, 2.45) is 0 Å². The van der Waals surface area contributed by atoms with Crippen LogP contribution in [0.2, 0.25) is 0 Å². The number of carbonyl (C=O) groups excluding carboxylic acids is 1. The minimum absolute atomic E-state index is 0.143. The molecule has 1 amide bonds. The second-order valence-corrected chi connectivity index (χ2v) is 6.42. The first-order valence-electron chi connectivity index (χ1n) is 8.85. The molecule has 2 aliphatic rings. The van der Waals surface area contributed by atoms with Gasteiger partial charge in [0.15, 0.2) is 5.82 Å². The topological polar surface area (TPSA) is 58.6 Å². The molecule has 25 heavy (non-hydrogen) atoms. The van der Waals surface area contributed by atoms with Gasteiger partial charge >= 0.3 is 0 Å². The zero-order chi connectivity index (χ0) is 17.1. The van der Waals surface area contributed by atoms with E-state index in [1.807, 2.05) is 41.3 Å². The molecule has 2 fully saturated rings. The quantitative estimate of drug-likeness (QED) is 0.856. The van der Waals surface area contributed by atoms with Gasteiger partial charge in [-0.15, -0.1) is 0 Å². The lowest BCUT2D eigenvalue weighted by Gasteiger charge is -2.36. The molecular weight excluding hydrogens is 316 g/mol. The van der Waals surface area contributed by atoms with Gasteiger partial charge in [-0.25, -0.2) is 9.97 Å². The molecule has 1 aromatic carbocycles. The molecule has 1 atom stereocenters. The molecule has 2 saturated heterocycles. The molecular formula is C19H22N4O2. The van der Waals surface area contributed by atoms with Gasteiger partial charge in [0.2, 0.25) is 0 Å². The Kier molecular flexibility index (Phi) is 4.61. The molecule has 0 radical (unpaired) electrons. The predicted octanol–water partition coefficient (Wildman–Crippen LogP) is 1.97. The van der Waals surface area contributed by atoms with Crippen molar-refractivity contribution in [2.75, 3.05) is 37.7 Å². The van der Waals surface area contributed by atoms with Crippen molar-refractivity contribution in [2.45, 2.75) is 18.9 Å². The largest absolute Gasteiger partial charge is 0.368 e. The molecule has 0 saturated carbocycles.